The minimum Gasteiger partial charge on any atom is -0.396 e. The van der Waals surface area contributed by atoms with Crippen LogP contribution in [-0.4, -0.2) is 25.9 Å². The fourth-order valence-electron chi connectivity index (χ4n) is 0.577. The van der Waals surface area contributed by atoms with Crippen LogP contribution in [0.15, 0.2) is 12.7 Å². The van der Waals surface area contributed by atoms with Crippen LogP contribution in [0, 0.1) is 0 Å². The normalized spacial score (nSPS) is 8.27. The van der Waals surface area contributed by atoms with Crippen LogP contribution in [0.3, 0.4) is 0 Å². The Bertz CT molecular complexity index is 62.6. The summed E-state index contributed by atoms with van der Waals surface area (Å²) in [5.74, 6) is 0. The molecule has 2 nitrogen and oxygen atoms in total. The van der Waals surface area contributed by atoms with Crippen molar-refractivity contribution >= 4 is 0 Å². The highest BCUT2D eigenvalue weighted by atomic mass is 16.4. The highest BCUT2D eigenvalue weighted by molar-refractivity contribution is 4.64. The summed E-state index contributed by atoms with van der Waals surface area (Å²) in [6.07, 6.45) is 6.23. The van der Waals surface area contributed by atoms with Gasteiger partial charge in [-0.25, -0.2) is 0 Å². The van der Waals surface area contributed by atoms with Crippen molar-refractivity contribution in [3.63, 3.8) is 0 Å². The molecule has 2 heteroatoms. The van der Waals surface area contributed by atoms with Gasteiger partial charge in [0.25, 0.3) is 0 Å². The van der Waals surface area contributed by atoms with Gasteiger partial charge >= 0.3 is 0 Å². The van der Waals surface area contributed by atoms with Gasteiger partial charge in [0.15, 0.2) is 0 Å². The van der Waals surface area contributed by atoms with Crippen molar-refractivity contribution in [2.75, 3.05) is 20.8 Å². The molecule has 0 aromatic carbocycles. The van der Waals surface area contributed by atoms with Crippen LogP contribution in [0.4, 0.5) is 0 Å². The molecule has 0 saturated heterocycles. The molecule has 0 aromatic rings. The van der Waals surface area contributed by atoms with Crippen molar-refractivity contribution in [3.8, 4) is 0 Å². The van der Waals surface area contributed by atoms with Gasteiger partial charge in [-0.1, -0.05) is 12.5 Å². The molecule has 0 saturated carbocycles. The Hall–Kier alpha value is -0.340. The number of ether oxygens (including phenoxy) is 1. The van der Waals surface area contributed by atoms with Crippen molar-refractivity contribution < 1.29 is 9.84 Å². The minimum absolute atomic E-state index is 0.330. The van der Waals surface area contributed by atoms with Crippen molar-refractivity contribution in [3.05, 3.63) is 12.7 Å². The van der Waals surface area contributed by atoms with Gasteiger partial charge in [-0.2, -0.15) is 0 Å². The van der Waals surface area contributed by atoms with E-state index in [1.54, 1.807) is 14.2 Å². The van der Waals surface area contributed by atoms with Gasteiger partial charge in [-0.05, 0) is 19.3 Å². The maximum atomic E-state index is 8.34. The minimum atomic E-state index is 0.330. The van der Waals surface area contributed by atoms with Crippen LogP contribution >= 0.6 is 0 Å². The maximum Gasteiger partial charge on any atom is 0.0431 e. The van der Waals surface area contributed by atoms with Crippen molar-refractivity contribution in [2.24, 2.45) is 0 Å². The molecule has 0 aliphatic rings. The Morgan fingerprint density at radius 1 is 1.27 bits per heavy atom. The molecule has 0 amide bonds. The van der Waals surface area contributed by atoms with E-state index < -0.39 is 0 Å². The van der Waals surface area contributed by atoms with Crippen LogP contribution in [0.2, 0.25) is 0 Å². The van der Waals surface area contributed by atoms with Gasteiger partial charge in [-0.15, -0.1) is 6.58 Å². The molecule has 0 spiro atoms. The average Bonchev–Trinajstić information content (AvgIpc) is 2.00. The Balaban J connectivity index is 0. The number of rotatable bonds is 5. The first-order valence-electron chi connectivity index (χ1n) is 3.95. The molecular weight excluding hydrogens is 140 g/mol. The molecule has 0 aliphatic heterocycles. The summed E-state index contributed by atoms with van der Waals surface area (Å²) >= 11 is 0. The van der Waals surface area contributed by atoms with Gasteiger partial charge in [0.05, 0.1) is 0 Å². The summed E-state index contributed by atoms with van der Waals surface area (Å²) in [5.41, 5.74) is 0. The summed E-state index contributed by atoms with van der Waals surface area (Å²) in [6, 6.07) is 0. The molecule has 0 rings (SSSR count). The van der Waals surface area contributed by atoms with E-state index in [9.17, 15) is 0 Å². The standard InChI is InChI=1S/C7H14O.C2H6O/c1-2-3-4-5-6-7-8;1-3-2/h2,8H,1,3-7H2;1-2H3. The van der Waals surface area contributed by atoms with Gasteiger partial charge < -0.3 is 9.84 Å². The van der Waals surface area contributed by atoms with Crippen molar-refractivity contribution in [2.45, 2.75) is 25.7 Å². The second-order valence-corrected chi connectivity index (χ2v) is 2.27. The maximum absolute atomic E-state index is 8.34. The zero-order valence-corrected chi connectivity index (χ0v) is 7.68. The molecule has 0 heterocycles. The predicted molar refractivity (Wildman–Crippen MR) is 48.7 cm³/mol. The Kier molecular flexibility index (Phi) is 19.7. The van der Waals surface area contributed by atoms with E-state index in [-0.39, 0.29) is 0 Å². The number of unbranched alkanes of at least 4 members (excludes halogenated alkanes) is 3. The number of aliphatic hydroxyl groups is 1. The molecule has 0 radical (unpaired) electrons. The second kappa shape index (κ2) is 16.3. The molecule has 68 valence electrons. The molecule has 1 N–H and O–H groups in total. The van der Waals surface area contributed by atoms with Crippen LogP contribution in [0.25, 0.3) is 0 Å². The zero-order chi connectivity index (χ0) is 8.95. The summed E-state index contributed by atoms with van der Waals surface area (Å²) in [6.45, 7) is 3.93. The fourth-order valence-corrected chi connectivity index (χ4v) is 0.577. The van der Waals surface area contributed by atoms with Gasteiger partial charge in [-0.3, -0.25) is 0 Å². The Morgan fingerprint density at radius 2 is 1.82 bits per heavy atom. The molecule has 0 aromatic heterocycles. The SMILES string of the molecule is C=CCCCCCO.COC. The van der Waals surface area contributed by atoms with Gasteiger partial charge in [0.2, 0.25) is 0 Å². The molecule has 0 atom stereocenters. The van der Waals surface area contributed by atoms with Crippen LogP contribution in [0.1, 0.15) is 25.7 Å². The summed E-state index contributed by atoms with van der Waals surface area (Å²) in [7, 11) is 3.25. The third kappa shape index (κ3) is 26.1. The molecule has 0 bridgehead atoms. The number of aliphatic hydroxyl groups excluding tert-OH is 1. The first-order chi connectivity index (χ1) is 5.33. The number of allylic oxidation sites excluding steroid dienone is 1. The molecular formula is C9H20O2. The Morgan fingerprint density at radius 3 is 2.18 bits per heavy atom. The van der Waals surface area contributed by atoms with E-state index in [4.69, 9.17) is 5.11 Å². The van der Waals surface area contributed by atoms with E-state index in [1.165, 1.54) is 6.42 Å². The zero-order valence-electron chi connectivity index (χ0n) is 7.68. The average molecular weight is 160 g/mol. The van der Waals surface area contributed by atoms with Crippen LogP contribution < -0.4 is 0 Å². The highest BCUT2D eigenvalue weighted by Crippen LogP contribution is 1.97. The molecule has 11 heavy (non-hydrogen) atoms. The van der Waals surface area contributed by atoms with Gasteiger partial charge in [0, 0.05) is 20.8 Å². The van der Waals surface area contributed by atoms with Gasteiger partial charge in [0.1, 0.15) is 0 Å². The monoisotopic (exact) mass is 160 g/mol. The smallest absolute Gasteiger partial charge is 0.0431 e. The van der Waals surface area contributed by atoms with Crippen LogP contribution in [-0.2, 0) is 4.74 Å². The first-order valence-corrected chi connectivity index (χ1v) is 3.95. The summed E-state index contributed by atoms with van der Waals surface area (Å²) < 4.78 is 4.25. The number of methoxy groups -OCH3 is 1. The van der Waals surface area contributed by atoms with Crippen molar-refractivity contribution in [1.29, 1.82) is 0 Å². The lowest BCUT2D eigenvalue weighted by Crippen LogP contribution is -1.80. The lowest BCUT2D eigenvalue weighted by atomic mass is 10.2. The number of hydrogen-bond donors (Lipinski definition) is 1. The van der Waals surface area contributed by atoms with Crippen molar-refractivity contribution in [1.82, 2.24) is 0 Å². The predicted octanol–water partition coefficient (Wildman–Crippen LogP) is 1.99. The molecule has 0 unspecified atom stereocenters. The highest BCUT2D eigenvalue weighted by Gasteiger charge is 1.82. The first kappa shape index (κ1) is 13.3. The molecule has 0 aliphatic carbocycles. The van der Waals surface area contributed by atoms with E-state index in [0.29, 0.717) is 6.61 Å². The van der Waals surface area contributed by atoms with E-state index in [2.05, 4.69) is 11.3 Å². The topological polar surface area (TPSA) is 29.5 Å². The quantitative estimate of drug-likeness (QED) is 0.492. The van der Waals surface area contributed by atoms with E-state index in [0.717, 1.165) is 19.3 Å². The summed E-state index contributed by atoms with van der Waals surface area (Å²) in [4.78, 5) is 0. The molecule has 0 fully saturated rings. The van der Waals surface area contributed by atoms with E-state index >= 15 is 0 Å². The third-order valence-corrected chi connectivity index (χ3v) is 1.07. The lowest BCUT2D eigenvalue weighted by Gasteiger charge is -1.91. The lowest BCUT2D eigenvalue weighted by molar-refractivity contribution is 0.277. The Labute approximate surface area is 69.9 Å². The third-order valence-electron chi connectivity index (χ3n) is 1.07. The summed E-state index contributed by atoms with van der Waals surface area (Å²) in [5, 5.41) is 8.34. The number of hydrogen-bond acceptors (Lipinski definition) is 2. The van der Waals surface area contributed by atoms with E-state index in [1.807, 2.05) is 6.08 Å². The fraction of sp³-hybridized carbons (Fsp3) is 0.778. The van der Waals surface area contributed by atoms with Crippen LogP contribution in [0.5, 0.6) is 0 Å². The largest absolute Gasteiger partial charge is 0.396 e. The second-order valence-electron chi connectivity index (χ2n) is 2.27.